The number of amides is 1. The molecule has 1 amide bonds. The zero-order valence-electron chi connectivity index (χ0n) is 11.4. The van der Waals surface area contributed by atoms with Crippen LogP contribution in [-0.2, 0) is 9.53 Å². The molecule has 0 spiro atoms. The number of methoxy groups -OCH3 is 1. The van der Waals surface area contributed by atoms with Crippen LogP contribution in [0.2, 0.25) is 0 Å². The molecule has 0 atom stereocenters. The van der Waals surface area contributed by atoms with E-state index in [1.165, 1.54) is 17.0 Å². The summed E-state index contributed by atoms with van der Waals surface area (Å²) in [4.78, 5) is 13.7. The van der Waals surface area contributed by atoms with Gasteiger partial charge in [-0.05, 0) is 42.9 Å². The van der Waals surface area contributed by atoms with Gasteiger partial charge in [0, 0.05) is 30.3 Å². The molecule has 0 aliphatic carbocycles. The van der Waals surface area contributed by atoms with E-state index in [1.807, 2.05) is 0 Å². The van der Waals surface area contributed by atoms with Crippen molar-refractivity contribution in [1.82, 2.24) is 10.2 Å². The van der Waals surface area contributed by atoms with Crippen LogP contribution >= 0.6 is 28.1 Å². The van der Waals surface area contributed by atoms with E-state index in [2.05, 4.69) is 21.2 Å². The summed E-state index contributed by atoms with van der Waals surface area (Å²) in [5.74, 6) is -0.653. The number of ether oxygens (including phenoxy) is 1. The Hall–Kier alpha value is -1.31. The van der Waals surface area contributed by atoms with Crippen LogP contribution in [0.4, 0.5) is 4.39 Å². The minimum atomic E-state index is -0.399. The van der Waals surface area contributed by atoms with Gasteiger partial charge in [0.2, 0.25) is 0 Å². The quantitative estimate of drug-likeness (QED) is 0.490. The van der Waals surface area contributed by atoms with Crippen molar-refractivity contribution >= 4 is 45.2 Å². The zero-order chi connectivity index (χ0) is 15.4. The van der Waals surface area contributed by atoms with Gasteiger partial charge in [-0.1, -0.05) is 15.9 Å². The topological polar surface area (TPSA) is 41.6 Å². The lowest BCUT2D eigenvalue weighted by Gasteiger charge is -2.12. The van der Waals surface area contributed by atoms with E-state index in [0.29, 0.717) is 30.2 Å². The number of carbonyl (C=O) groups is 1. The van der Waals surface area contributed by atoms with E-state index in [0.717, 1.165) is 4.47 Å². The lowest BCUT2D eigenvalue weighted by Crippen LogP contribution is -2.32. The molecule has 4 nitrogen and oxygen atoms in total. The van der Waals surface area contributed by atoms with Crippen molar-refractivity contribution in [2.24, 2.45) is 0 Å². The average Bonchev–Trinajstić information content (AvgIpc) is 2.70. The van der Waals surface area contributed by atoms with Crippen LogP contribution in [0.3, 0.4) is 0 Å². The highest BCUT2D eigenvalue weighted by Gasteiger charge is 2.30. The Bertz CT molecular complexity index is 607. The second-order valence-corrected chi connectivity index (χ2v) is 5.76. The first-order valence-electron chi connectivity index (χ1n) is 6.31. The highest BCUT2D eigenvalue weighted by atomic mass is 79.9. The van der Waals surface area contributed by atoms with E-state index in [1.54, 1.807) is 19.2 Å². The second-order valence-electron chi connectivity index (χ2n) is 4.46. The van der Waals surface area contributed by atoms with E-state index in [-0.39, 0.29) is 11.6 Å². The predicted molar refractivity (Wildman–Crippen MR) is 86.0 cm³/mol. The number of rotatable bonds is 5. The Morgan fingerprint density at radius 2 is 2.29 bits per heavy atom. The molecular weight excluding hydrogens is 359 g/mol. The second kappa shape index (κ2) is 7.11. The standard InChI is InChI=1S/C14H14BrFN2O2S/c1-20-6-2-5-18-13(19)12(17-14(18)21)8-9-7-10(15)3-4-11(9)16/h3-4,7-8H,2,5-6H2,1H3,(H,17,21)/b12-8+. The smallest absolute Gasteiger partial charge is 0.276 e. The number of halogens is 2. The van der Waals surface area contributed by atoms with Crippen LogP contribution in [0.1, 0.15) is 12.0 Å². The van der Waals surface area contributed by atoms with E-state index >= 15 is 0 Å². The molecule has 21 heavy (non-hydrogen) atoms. The molecule has 0 saturated carbocycles. The van der Waals surface area contributed by atoms with Crippen molar-refractivity contribution in [3.63, 3.8) is 0 Å². The van der Waals surface area contributed by atoms with Gasteiger partial charge in [-0.3, -0.25) is 9.69 Å². The zero-order valence-corrected chi connectivity index (χ0v) is 13.8. The van der Waals surface area contributed by atoms with Gasteiger partial charge < -0.3 is 10.1 Å². The SMILES string of the molecule is COCCCN1C(=O)/C(=C\c2cc(Br)ccc2F)NC1=S. The minimum Gasteiger partial charge on any atom is -0.385 e. The number of benzene rings is 1. The van der Waals surface area contributed by atoms with Crippen molar-refractivity contribution in [3.8, 4) is 0 Å². The monoisotopic (exact) mass is 372 g/mol. The molecule has 1 saturated heterocycles. The molecule has 1 fully saturated rings. The normalized spacial score (nSPS) is 16.7. The average molecular weight is 373 g/mol. The third kappa shape index (κ3) is 3.87. The van der Waals surface area contributed by atoms with Crippen molar-refractivity contribution in [2.45, 2.75) is 6.42 Å². The number of nitrogens with one attached hydrogen (secondary N) is 1. The fourth-order valence-electron chi connectivity index (χ4n) is 1.92. The lowest BCUT2D eigenvalue weighted by molar-refractivity contribution is -0.122. The summed E-state index contributed by atoms with van der Waals surface area (Å²) in [6.07, 6.45) is 2.15. The maximum Gasteiger partial charge on any atom is 0.276 e. The Labute approximate surface area is 136 Å². The van der Waals surface area contributed by atoms with Gasteiger partial charge in [0.1, 0.15) is 11.5 Å². The Morgan fingerprint density at radius 3 is 3.00 bits per heavy atom. The van der Waals surface area contributed by atoms with Crippen LogP contribution in [-0.4, -0.2) is 36.2 Å². The fraction of sp³-hybridized carbons (Fsp3) is 0.286. The third-order valence-corrected chi connectivity index (χ3v) is 3.77. The maximum atomic E-state index is 13.7. The third-order valence-electron chi connectivity index (χ3n) is 2.95. The maximum absolute atomic E-state index is 13.7. The molecule has 0 bridgehead atoms. The van der Waals surface area contributed by atoms with Crippen molar-refractivity contribution in [2.75, 3.05) is 20.3 Å². The molecule has 0 unspecified atom stereocenters. The molecule has 0 aromatic heterocycles. The van der Waals surface area contributed by atoms with Crippen LogP contribution in [0.15, 0.2) is 28.4 Å². The molecule has 7 heteroatoms. The molecule has 2 rings (SSSR count). The minimum absolute atomic E-state index is 0.254. The number of hydrogen-bond donors (Lipinski definition) is 1. The Kier molecular flexibility index (Phi) is 5.44. The Morgan fingerprint density at radius 1 is 1.52 bits per heavy atom. The molecule has 1 aliphatic rings. The number of carbonyl (C=O) groups excluding carboxylic acids is 1. The highest BCUT2D eigenvalue weighted by molar-refractivity contribution is 9.10. The van der Waals surface area contributed by atoms with Gasteiger partial charge in [0.15, 0.2) is 5.11 Å². The molecule has 112 valence electrons. The van der Waals surface area contributed by atoms with Gasteiger partial charge in [0.25, 0.3) is 5.91 Å². The van der Waals surface area contributed by atoms with E-state index in [9.17, 15) is 9.18 Å². The summed E-state index contributed by atoms with van der Waals surface area (Å²) in [6.45, 7) is 1.02. The number of hydrogen-bond acceptors (Lipinski definition) is 3. The lowest BCUT2D eigenvalue weighted by atomic mass is 10.2. The summed E-state index contributed by atoms with van der Waals surface area (Å²) in [7, 11) is 1.60. The van der Waals surface area contributed by atoms with Crippen LogP contribution in [0.5, 0.6) is 0 Å². The summed E-state index contributed by atoms with van der Waals surface area (Å²) < 4.78 is 19.4. The molecule has 1 aliphatic heterocycles. The van der Waals surface area contributed by atoms with Gasteiger partial charge in [-0.15, -0.1) is 0 Å². The summed E-state index contributed by atoms with van der Waals surface area (Å²) in [6, 6.07) is 4.54. The molecular formula is C14H14BrFN2O2S. The van der Waals surface area contributed by atoms with Gasteiger partial charge >= 0.3 is 0 Å². The first-order chi connectivity index (χ1) is 10.0. The van der Waals surface area contributed by atoms with Crippen LogP contribution < -0.4 is 5.32 Å². The van der Waals surface area contributed by atoms with E-state index < -0.39 is 5.82 Å². The first-order valence-corrected chi connectivity index (χ1v) is 7.51. The highest BCUT2D eigenvalue weighted by Crippen LogP contribution is 2.20. The number of thiocarbonyl (C=S) groups is 1. The molecule has 1 heterocycles. The van der Waals surface area contributed by atoms with Crippen molar-refractivity contribution in [1.29, 1.82) is 0 Å². The van der Waals surface area contributed by atoms with E-state index in [4.69, 9.17) is 17.0 Å². The molecule has 1 N–H and O–H groups in total. The molecule has 1 aromatic carbocycles. The van der Waals surface area contributed by atoms with Gasteiger partial charge in [-0.2, -0.15) is 0 Å². The molecule has 1 aromatic rings. The first kappa shape index (κ1) is 16.1. The summed E-state index contributed by atoms with van der Waals surface area (Å²) in [5, 5.41) is 3.15. The Balaban J connectivity index is 2.18. The van der Waals surface area contributed by atoms with Crippen LogP contribution in [0, 0.1) is 5.82 Å². The van der Waals surface area contributed by atoms with Gasteiger partial charge in [0.05, 0.1) is 0 Å². The summed E-state index contributed by atoms with van der Waals surface area (Å²) in [5.41, 5.74) is 0.594. The van der Waals surface area contributed by atoms with Crippen molar-refractivity contribution < 1.29 is 13.9 Å². The van der Waals surface area contributed by atoms with Crippen molar-refractivity contribution in [3.05, 3.63) is 39.7 Å². The molecule has 0 radical (unpaired) electrons. The number of nitrogens with zero attached hydrogens (tertiary/aromatic N) is 1. The predicted octanol–water partition coefficient (Wildman–Crippen LogP) is 2.68. The van der Waals surface area contributed by atoms with Crippen LogP contribution in [0.25, 0.3) is 6.08 Å². The fourth-order valence-corrected chi connectivity index (χ4v) is 2.59. The van der Waals surface area contributed by atoms with Gasteiger partial charge in [-0.25, -0.2) is 4.39 Å². The summed E-state index contributed by atoms with van der Waals surface area (Å²) >= 11 is 8.40. The largest absolute Gasteiger partial charge is 0.385 e.